The van der Waals surface area contributed by atoms with E-state index in [1.165, 1.54) is 11.6 Å². The molecule has 1 N–H and O–H groups in total. The van der Waals surface area contributed by atoms with E-state index < -0.39 is 11.7 Å². The highest BCUT2D eigenvalue weighted by Gasteiger charge is 2.30. The van der Waals surface area contributed by atoms with Crippen LogP contribution in [0.5, 0.6) is 0 Å². The number of amides is 1. The summed E-state index contributed by atoms with van der Waals surface area (Å²) >= 11 is 0. The molecule has 0 radical (unpaired) electrons. The number of anilines is 4. The minimum absolute atomic E-state index is 0.0237. The number of nitrogens with one attached hydrogen (secondary N) is 1. The van der Waals surface area contributed by atoms with Gasteiger partial charge in [0.25, 0.3) is 5.56 Å². The Labute approximate surface area is 318 Å². The number of fused-ring (bicyclic) bond motifs is 2. The predicted molar refractivity (Wildman–Crippen MR) is 215 cm³/mol. The average molecular weight is 733 g/mol. The van der Waals surface area contributed by atoms with E-state index in [1.54, 1.807) is 31.4 Å². The van der Waals surface area contributed by atoms with Crippen LogP contribution in [-0.4, -0.2) is 60.9 Å². The molecule has 1 aliphatic carbocycles. The molecule has 1 amide bonds. The van der Waals surface area contributed by atoms with Gasteiger partial charge < -0.3 is 24.0 Å². The quantitative estimate of drug-likeness (QED) is 0.212. The molecule has 10 heteroatoms. The summed E-state index contributed by atoms with van der Waals surface area (Å²) in [7, 11) is 3.97. The number of nitriles is 1. The lowest BCUT2D eigenvalue weighted by Crippen LogP contribution is -2.38. The topological polar surface area (TPSA) is 93.8 Å². The summed E-state index contributed by atoms with van der Waals surface area (Å²) in [4.78, 5) is 32.5. The van der Waals surface area contributed by atoms with Crippen LogP contribution in [0.4, 0.5) is 31.9 Å². The van der Waals surface area contributed by atoms with Gasteiger partial charge in [-0.25, -0.2) is 9.18 Å². The third kappa shape index (κ3) is 7.83. The van der Waals surface area contributed by atoms with Crippen LogP contribution in [0, 0.1) is 30.0 Å². The largest absolute Gasteiger partial charge is 0.444 e. The van der Waals surface area contributed by atoms with Crippen molar-refractivity contribution in [1.82, 2.24) is 9.47 Å². The summed E-state index contributed by atoms with van der Waals surface area (Å²) in [6.07, 6.45) is 5.57. The van der Waals surface area contributed by atoms with Crippen LogP contribution < -0.4 is 20.7 Å². The van der Waals surface area contributed by atoms with Gasteiger partial charge in [-0.15, -0.1) is 0 Å². The number of piperidine rings is 1. The molecule has 1 saturated carbocycles. The van der Waals surface area contributed by atoms with Gasteiger partial charge in [0.2, 0.25) is 0 Å². The highest BCUT2D eigenvalue weighted by molar-refractivity contribution is 5.97. The number of hydrogen-bond donors (Lipinski definition) is 1. The summed E-state index contributed by atoms with van der Waals surface area (Å²) in [5, 5.41) is 13.4. The van der Waals surface area contributed by atoms with Crippen molar-refractivity contribution < 1.29 is 13.9 Å². The number of benzene rings is 3. The molecule has 54 heavy (non-hydrogen) atoms. The van der Waals surface area contributed by atoms with E-state index in [0.717, 1.165) is 110 Å². The van der Waals surface area contributed by atoms with Crippen LogP contribution in [0.2, 0.25) is 0 Å². The Bertz CT molecular complexity index is 2150. The van der Waals surface area contributed by atoms with Crippen molar-refractivity contribution in [2.75, 3.05) is 54.9 Å². The van der Waals surface area contributed by atoms with Crippen molar-refractivity contribution in [1.29, 1.82) is 5.26 Å². The van der Waals surface area contributed by atoms with Crippen molar-refractivity contribution in [3.05, 3.63) is 93.0 Å². The third-order valence-electron chi connectivity index (χ3n) is 11.8. The second-order valence-corrected chi connectivity index (χ2v) is 16.7. The lowest BCUT2D eigenvalue weighted by atomic mass is 9.78. The monoisotopic (exact) mass is 732 g/mol. The van der Waals surface area contributed by atoms with Crippen molar-refractivity contribution in [2.45, 2.75) is 83.7 Å². The minimum atomic E-state index is -0.621. The first kappa shape index (κ1) is 37.4. The van der Waals surface area contributed by atoms with Crippen LogP contribution in [0.3, 0.4) is 0 Å². The molecule has 284 valence electrons. The fourth-order valence-electron chi connectivity index (χ4n) is 8.88. The molecule has 1 aromatic heterocycles. The maximum Gasteiger partial charge on any atom is 0.412 e. The molecule has 4 aromatic rings. The standard InChI is InChI=1S/C44H53FN6O3/c1-28-21-36-39(49(6)42(28)52)23-33(24-40(36)51-20-19-48(5)38-14-9-30(26-46)22-41(38)51)31-15-17-50(18-16-31)27-29-7-10-32(11-8-29)35-13-12-34(25-37(35)45)47-43(53)54-44(2,3)4/h9,12-14,21-25,29,31-32H,7-8,10-11,15-20,27H2,1-6H3,(H,47,53). The maximum atomic E-state index is 15.2. The number of rotatable bonds is 6. The SMILES string of the molecule is Cc1cc2c(N3CCN(C)c4ccc(C#N)cc43)cc(C3CCN(CC4CCC(c5ccc(NC(=O)OC(C)(C)C)cc5F)CC4)CC3)cc2n(C)c1=O. The average Bonchev–Trinajstić information content (AvgIpc) is 3.14. The Kier molecular flexibility index (Phi) is 10.5. The van der Waals surface area contributed by atoms with Gasteiger partial charge in [-0.1, -0.05) is 6.07 Å². The van der Waals surface area contributed by atoms with Gasteiger partial charge in [0, 0.05) is 50.4 Å². The number of nitrogens with zero attached hydrogens (tertiary/aromatic N) is 5. The summed E-state index contributed by atoms with van der Waals surface area (Å²) in [5.74, 6) is 0.882. The maximum absolute atomic E-state index is 15.2. The zero-order chi connectivity index (χ0) is 38.3. The van der Waals surface area contributed by atoms with E-state index in [-0.39, 0.29) is 17.3 Å². The number of ether oxygens (including phenoxy) is 1. The van der Waals surface area contributed by atoms with Crippen molar-refractivity contribution in [3.8, 4) is 6.07 Å². The second kappa shape index (κ2) is 15.1. The van der Waals surface area contributed by atoms with Crippen molar-refractivity contribution in [3.63, 3.8) is 0 Å². The second-order valence-electron chi connectivity index (χ2n) is 16.7. The van der Waals surface area contributed by atoms with Crippen LogP contribution in [0.25, 0.3) is 10.9 Å². The lowest BCUT2D eigenvalue weighted by Gasteiger charge is -2.39. The Morgan fingerprint density at radius 3 is 2.31 bits per heavy atom. The number of carbonyl (C=O) groups excluding carboxylic acids is 1. The molecule has 3 aromatic carbocycles. The summed E-state index contributed by atoms with van der Waals surface area (Å²) in [6, 6.07) is 19.9. The Balaban J connectivity index is 1.02. The molecule has 9 nitrogen and oxygen atoms in total. The minimum Gasteiger partial charge on any atom is -0.444 e. The van der Waals surface area contributed by atoms with Crippen LogP contribution in [-0.2, 0) is 11.8 Å². The van der Waals surface area contributed by atoms with Gasteiger partial charge in [0.05, 0.1) is 34.2 Å². The zero-order valence-corrected chi connectivity index (χ0v) is 32.5. The Morgan fingerprint density at radius 2 is 1.63 bits per heavy atom. The fraction of sp³-hybridized carbons (Fsp3) is 0.477. The van der Waals surface area contributed by atoms with Crippen molar-refractivity contribution in [2.24, 2.45) is 13.0 Å². The van der Waals surface area contributed by atoms with Gasteiger partial charge in [0.15, 0.2) is 0 Å². The zero-order valence-electron chi connectivity index (χ0n) is 32.5. The molecule has 0 spiro atoms. The van der Waals surface area contributed by atoms with Gasteiger partial charge >= 0.3 is 6.09 Å². The van der Waals surface area contributed by atoms with Gasteiger partial charge in [-0.05, 0) is 157 Å². The highest BCUT2D eigenvalue weighted by atomic mass is 19.1. The predicted octanol–water partition coefficient (Wildman–Crippen LogP) is 8.95. The molecule has 0 atom stereocenters. The molecule has 1 saturated heterocycles. The molecular formula is C44H53FN6O3. The van der Waals surface area contributed by atoms with Crippen LogP contribution in [0.15, 0.2) is 59.4 Å². The summed E-state index contributed by atoms with van der Waals surface area (Å²) in [5.41, 5.74) is 7.31. The molecule has 0 bridgehead atoms. The van der Waals surface area contributed by atoms with E-state index in [2.05, 4.69) is 45.3 Å². The highest BCUT2D eigenvalue weighted by Crippen LogP contribution is 2.43. The molecular weight excluding hydrogens is 680 g/mol. The molecule has 3 aliphatic rings. The number of halogens is 1. The molecule has 2 aliphatic heterocycles. The van der Waals surface area contributed by atoms with E-state index >= 15 is 4.39 Å². The number of aromatic nitrogens is 1. The normalized spacial score (nSPS) is 19.7. The number of carbonyl (C=O) groups is 1. The molecule has 0 unspecified atom stereocenters. The number of pyridine rings is 1. The van der Waals surface area contributed by atoms with E-state index in [9.17, 15) is 14.9 Å². The van der Waals surface area contributed by atoms with Gasteiger partial charge in [-0.2, -0.15) is 5.26 Å². The summed E-state index contributed by atoms with van der Waals surface area (Å²) < 4.78 is 22.3. The first-order chi connectivity index (χ1) is 25.8. The Hall–Kier alpha value is -4.88. The smallest absolute Gasteiger partial charge is 0.412 e. The number of likely N-dealkylation sites (tertiary alicyclic amines) is 1. The first-order valence-corrected chi connectivity index (χ1v) is 19.5. The van der Waals surface area contributed by atoms with E-state index in [4.69, 9.17) is 4.74 Å². The molecule has 2 fully saturated rings. The molecule has 7 rings (SSSR count). The third-order valence-corrected chi connectivity index (χ3v) is 11.8. The van der Waals surface area contributed by atoms with Crippen LogP contribution in [0.1, 0.15) is 93.4 Å². The van der Waals surface area contributed by atoms with E-state index in [1.807, 2.05) is 44.3 Å². The van der Waals surface area contributed by atoms with Crippen molar-refractivity contribution >= 4 is 39.7 Å². The number of likely N-dealkylation sites (N-methyl/N-ethyl adjacent to an activating group) is 1. The van der Waals surface area contributed by atoms with E-state index in [0.29, 0.717) is 23.1 Å². The summed E-state index contributed by atoms with van der Waals surface area (Å²) in [6.45, 7) is 12.0. The molecule has 3 heterocycles. The Morgan fingerprint density at radius 1 is 0.889 bits per heavy atom. The first-order valence-electron chi connectivity index (χ1n) is 19.5. The van der Waals surface area contributed by atoms with Crippen LogP contribution >= 0.6 is 0 Å². The fourth-order valence-corrected chi connectivity index (χ4v) is 8.88. The number of aryl methyl sites for hydroxylation is 2. The number of hydrogen-bond acceptors (Lipinski definition) is 7. The van der Waals surface area contributed by atoms with Gasteiger partial charge in [0.1, 0.15) is 11.4 Å². The lowest BCUT2D eigenvalue weighted by molar-refractivity contribution is 0.0636. The van der Waals surface area contributed by atoms with Gasteiger partial charge in [-0.3, -0.25) is 10.1 Å².